The Balaban J connectivity index is 1.74. The number of carbonyl (C=O) groups is 1. The first-order valence-electron chi connectivity index (χ1n) is 11.1. The largest absolute Gasteiger partial charge is 0.491 e. The number of carbonyl (C=O) groups excluding carboxylic acids is 1. The highest BCUT2D eigenvalue weighted by molar-refractivity contribution is 7.10. The third-order valence-electron chi connectivity index (χ3n) is 5.78. The predicted octanol–water partition coefficient (Wildman–Crippen LogP) is 3.67. The molecule has 0 spiro atoms. The molecule has 1 aliphatic rings. The number of aliphatic hydroxyl groups is 1. The molecule has 1 amide bonds. The lowest BCUT2D eigenvalue weighted by atomic mass is 10.00. The SMILES string of the molecule is C=CC(C)(O)CN(CCCOC)CC(=O)N1CCc2sccc2C1COc1cccc(F)c1. The summed E-state index contributed by atoms with van der Waals surface area (Å²) in [5.74, 6) is 0.0474. The van der Waals surface area contributed by atoms with Gasteiger partial charge in [-0.05, 0) is 48.9 Å². The van der Waals surface area contributed by atoms with E-state index in [1.807, 2.05) is 21.2 Å². The zero-order valence-electron chi connectivity index (χ0n) is 19.3. The molecule has 0 saturated heterocycles. The van der Waals surface area contributed by atoms with Crippen molar-refractivity contribution in [3.05, 3.63) is 64.6 Å². The second-order valence-electron chi connectivity index (χ2n) is 8.54. The molecular formula is C25H33FN2O4S. The number of fused-ring (bicyclic) bond motifs is 1. The summed E-state index contributed by atoms with van der Waals surface area (Å²) in [6.07, 6.45) is 3.04. The number of nitrogens with zero attached hydrogens (tertiary/aromatic N) is 2. The Labute approximate surface area is 199 Å². The van der Waals surface area contributed by atoms with Crippen molar-refractivity contribution in [1.29, 1.82) is 0 Å². The van der Waals surface area contributed by atoms with Gasteiger partial charge in [0.25, 0.3) is 0 Å². The first-order valence-corrected chi connectivity index (χ1v) is 12.0. The van der Waals surface area contributed by atoms with Gasteiger partial charge in [0, 0.05) is 44.3 Å². The van der Waals surface area contributed by atoms with Crippen molar-refractivity contribution in [1.82, 2.24) is 9.80 Å². The second kappa shape index (κ2) is 11.7. The average Bonchev–Trinajstić information content (AvgIpc) is 3.26. The van der Waals surface area contributed by atoms with Crippen LogP contribution in [0.25, 0.3) is 0 Å². The number of hydrogen-bond acceptors (Lipinski definition) is 6. The Morgan fingerprint density at radius 2 is 2.27 bits per heavy atom. The van der Waals surface area contributed by atoms with Crippen LogP contribution in [0.5, 0.6) is 5.75 Å². The van der Waals surface area contributed by atoms with E-state index in [0.29, 0.717) is 32.0 Å². The van der Waals surface area contributed by atoms with Gasteiger partial charge in [-0.15, -0.1) is 17.9 Å². The smallest absolute Gasteiger partial charge is 0.237 e. The fourth-order valence-electron chi connectivity index (χ4n) is 4.05. The van der Waals surface area contributed by atoms with Gasteiger partial charge in [0.1, 0.15) is 18.2 Å². The van der Waals surface area contributed by atoms with Crippen molar-refractivity contribution < 1.29 is 23.8 Å². The molecule has 0 radical (unpaired) electrons. The Morgan fingerprint density at radius 3 is 3.00 bits per heavy atom. The van der Waals surface area contributed by atoms with E-state index in [0.717, 1.165) is 18.4 Å². The third kappa shape index (κ3) is 7.11. The fraction of sp³-hybridized carbons (Fsp3) is 0.480. The number of rotatable bonds is 12. The van der Waals surface area contributed by atoms with Gasteiger partial charge >= 0.3 is 0 Å². The lowest BCUT2D eigenvalue weighted by molar-refractivity contribution is -0.136. The number of ether oxygens (including phenoxy) is 2. The summed E-state index contributed by atoms with van der Waals surface area (Å²) < 4.78 is 24.6. The van der Waals surface area contributed by atoms with Crippen LogP contribution in [0.15, 0.2) is 48.4 Å². The van der Waals surface area contributed by atoms with Crippen molar-refractivity contribution in [2.75, 3.05) is 46.5 Å². The van der Waals surface area contributed by atoms with E-state index in [4.69, 9.17) is 9.47 Å². The maximum absolute atomic E-state index is 13.6. The minimum Gasteiger partial charge on any atom is -0.491 e. The first kappa shape index (κ1) is 25.4. The lowest BCUT2D eigenvalue weighted by Crippen LogP contribution is -2.49. The van der Waals surface area contributed by atoms with Crippen molar-refractivity contribution in [2.24, 2.45) is 0 Å². The topological polar surface area (TPSA) is 62.2 Å². The summed E-state index contributed by atoms with van der Waals surface area (Å²) in [6.45, 7) is 7.88. The molecule has 0 saturated carbocycles. The van der Waals surface area contributed by atoms with Gasteiger partial charge in [-0.25, -0.2) is 4.39 Å². The van der Waals surface area contributed by atoms with E-state index in [2.05, 4.69) is 6.58 Å². The summed E-state index contributed by atoms with van der Waals surface area (Å²) in [7, 11) is 1.64. The van der Waals surface area contributed by atoms with Crippen LogP contribution in [0, 0.1) is 5.82 Å². The molecule has 2 heterocycles. The van der Waals surface area contributed by atoms with Crippen LogP contribution < -0.4 is 4.74 Å². The minimum atomic E-state index is -1.10. The monoisotopic (exact) mass is 476 g/mol. The van der Waals surface area contributed by atoms with Crippen LogP contribution in [-0.2, 0) is 16.0 Å². The maximum atomic E-state index is 13.6. The van der Waals surface area contributed by atoms with Crippen molar-refractivity contribution in [3.63, 3.8) is 0 Å². The summed E-state index contributed by atoms with van der Waals surface area (Å²) in [6, 6.07) is 7.82. The summed E-state index contributed by atoms with van der Waals surface area (Å²) in [5.41, 5.74) is -0.0182. The van der Waals surface area contributed by atoms with E-state index in [-0.39, 0.29) is 30.9 Å². The Hall–Kier alpha value is -2.26. The average molecular weight is 477 g/mol. The van der Waals surface area contributed by atoms with Crippen LogP contribution in [0.2, 0.25) is 0 Å². The maximum Gasteiger partial charge on any atom is 0.237 e. The zero-order chi connectivity index (χ0) is 23.8. The molecule has 2 atom stereocenters. The number of thiophene rings is 1. The standard InChI is InChI=1S/C25H33FN2O4S/c1-4-25(2,30)18-27(11-6-13-31-3)16-24(29)28-12-9-23-21(10-14-33-23)22(28)17-32-20-8-5-7-19(26)15-20/h4-5,7-8,10,14-15,22,30H,1,6,9,11-13,16-18H2,2-3H3. The second-order valence-corrected chi connectivity index (χ2v) is 9.54. The van der Waals surface area contributed by atoms with Gasteiger partial charge in [0.05, 0.1) is 18.2 Å². The highest BCUT2D eigenvalue weighted by atomic mass is 32.1. The molecule has 6 nitrogen and oxygen atoms in total. The van der Waals surface area contributed by atoms with E-state index in [9.17, 15) is 14.3 Å². The molecule has 180 valence electrons. The fourth-order valence-corrected chi connectivity index (χ4v) is 4.98. The van der Waals surface area contributed by atoms with Crippen LogP contribution >= 0.6 is 11.3 Å². The molecular weight excluding hydrogens is 443 g/mol. The molecule has 0 aliphatic carbocycles. The van der Waals surface area contributed by atoms with E-state index in [1.165, 1.54) is 23.1 Å². The molecule has 1 aliphatic heterocycles. The molecule has 3 rings (SSSR count). The number of halogens is 1. The Kier molecular flexibility index (Phi) is 9.02. The molecule has 2 aromatic rings. The highest BCUT2D eigenvalue weighted by Gasteiger charge is 2.33. The van der Waals surface area contributed by atoms with E-state index < -0.39 is 5.60 Å². The predicted molar refractivity (Wildman–Crippen MR) is 128 cm³/mol. The van der Waals surface area contributed by atoms with Crippen molar-refractivity contribution in [3.8, 4) is 5.75 Å². The molecule has 1 aromatic heterocycles. The highest BCUT2D eigenvalue weighted by Crippen LogP contribution is 2.34. The number of amides is 1. The van der Waals surface area contributed by atoms with Crippen LogP contribution in [0.4, 0.5) is 4.39 Å². The van der Waals surface area contributed by atoms with Gasteiger partial charge in [-0.3, -0.25) is 9.69 Å². The normalized spacial score (nSPS) is 17.5. The van der Waals surface area contributed by atoms with E-state index in [1.54, 1.807) is 37.5 Å². The van der Waals surface area contributed by atoms with Crippen LogP contribution in [0.1, 0.15) is 29.8 Å². The number of methoxy groups -OCH3 is 1. The van der Waals surface area contributed by atoms with Crippen molar-refractivity contribution in [2.45, 2.75) is 31.4 Å². The number of benzene rings is 1. The molecule has 0 bridgehead atoms. The van der Waals surface area contributed by atoms with Gasteiger partial charge in [-0.1, -0.05) is 12.1 Å². The Morgan fingerprint density at radius 1 is 1.45 bits per heavy atom. The summed E-state index contributed by atoms with van der Waals surface area (Å²) in [4.78, 5) is 18.5. The summed E-state index contributed by atoms with van der Waals surface area (Å²) >= 11 is 1.68. The molecule has 2 unspecified atom stereocenters. The third-order valence-corrected chi connectivity index (χ3v) is 6.78. The van der Waals surface area contributed by atoms with Gasteiger partial charge in [0.15, 0.2) is 0 Å². The lowest BCUT2D eigenvalue weighted by Gasteiger charge is -2.38. The number of hydrogen-bond donors (Lipinski definition) is 1. The first-order chi connectivity index (χ1) is 15.8. The molecule has 33 heavy (non-hydrogen) atoms. The van der Waals surface area contributed by atoms with Gasteiger partial charge < -0.3 is 19.5 Å². The minimum absolute atomic E-state index is 0.0306. The van der Waals surface area contributed by atoms with Crippen LogP contribution in [0.3, 0.4) is 0 Å². The molecule has 0 fully saturated rings. The van der Waals surface area contributed by atoms with Crippen molar-refractivity contribution >= 4 is 17.2 Å². The molecule has 1 N–H and O–H groups in total. The van der Waals surface area contributed by atoms with Crippen LogP contribution in [-0.4, -0.2) is 72.9 Å². The van der Waals surface area contributed by atoms with Gasteiger partial charge in [0.2, 0.25) is 5.91 Å². The molecule has 1 aromatic carbocycles. The van der Waals surface area contributed by atoms with E-state index >= 15 is 0 Å². The summed E-state index contributed by atoms with van der Waals surface area (Å²) in [5, 5.41) is 12.5. The molecule has 8 heteroatoms. The zero-order valence-corrected chi connectivity index (χ0v) is 20.2. The van der Waals surface area contributed by atoms with Gasteiger partial charge in [-0.2, -0.15) is 0 Å². The Bertz CT molecular complexity index is 933. The quantitative estimate of drug-likeness (QED) is 0.374.